The van der Waals surface area contributed by atoms with Crippen LogP contribution in [0.25, 0.3) is 11.4 Å². The third-order valence-electron chi connectivity index (χ3n) is 4.28. The first-order valence-corrected chi connectivity index (χ1v) is 8.23. The van der Waals surface area contributed by atoms with Crippen molar-refractivity contribution in [3.8, 4) is 11.4 Å². The summed E-state index contributed by atoms with van der Waals surface area (Å²) >= 11 is 0. The lowest BCUT2D eigenvalue weighted by Crippen LogP contribution is -2.20. The van der Waals surface area contributed by atoms with Crippen LogP contribution in [-0.2, 0) is 5.41 Å². The Balaban J connectivity index is 1.98. The molecule has 1 heterocycles. The van der Waals surface area contributed by atoms with Gasteiger partial charge in [-0.05, 0) is 17.9 Å². The summed E-state index contributed by atoms with van der Waals surface area (Å²) in [5.41, 5.74) is 2.05. The Hall–Kier alpha value is -2.55. The maximum Gasteiger partial charge on any atom is 0.163 e. The van der Waals surface area contributed by atoms with Crippen LogP contribution in [-0.4, -0.2) is 15.0 Å². The molecule has 0 spiro atoms. The number of nitrogens with zero attached hydrogens (tertiary/aromatic N) is 3. The van der Waals surface area contributed by atoms with Crippen molar-refractivity contribution in [3.63, 3.8) is 0 Å². The van der Waals surface area contributed by atoms with Crippen LogP contribution in [0.3, 0.4) is 0 Å². The maximum absolute atomic E-state index is 4.72. The molecule has 0 aliphatic heterocycles. The summed E-state index contributed by atoms with van der Waals surface area (Å²) < 4.78 is 0. The second-order valence-corrected chi connectivity index (χ2v) is 7.35. The molecule has 1 aliphatic carbocycles. The zero-order valence-corrected chi connectivity index (χ0v) is 14.7. The standard InChI is InChI=1S/C21H23N3/c1-20(2,3)17-11-8-13-21(4,14-12-17)19-23-15-22-18(24-19)16-9-6-5-7-10-16/h5-15H,1-4H3. The van der Waals surface area contributed by atoms with E-state index < -0.39 is 0 Å². The van der Waals surface area contributed by atoms with Crippen LogP contribution in [0.5, 0.6) is 0 Å². The predicted molar refractivity (Wildman–Crippen MR) is 98.4 cm³/mol. The van der Waals surface area contributed by atoms with Gasteiger partial charge in [-0.1, -0.05) is 81.5 Å². The van der Waals surface area contributed by atoms with Crippen molar-refractivity contribution in [2.75, 3.05) is 0 Å². The molecule has 0 radical (unpaired) electrons. The third kappa shape index (κ3) is 3.35. The number of aromatic nitrogens is 3. The van der Waals surface area contributed by atoms with Gasteiger partial charge in [0.25, 0.3) is 0 Å². The van der Waals surface area contributed by atoms with Crippen molar-refractivity contribution in [2.45, 2.75) is 33.1 Å². The molecule has 0 fully saturated rings. The van der Waals surface area contributed by atoms with Crippen molar-refractivity contribution in [1.82, 2.24) is 15.0 Å². The first-order valence-electron chi connectivity index (χ1n) is 8.23. The minimum atomic E-state index is -0.351. The summed E-state index contributed by atoms with van der Waals surface area (Å²) in [4.78, 5) is 13.5. The highest BCUT2D eigenvalue weighted by Gasteiger charge is 2.26. The van der Waals surface area contributed by atoms with Crippen molar-refractivity contribution in [3.05, 3.63) is 78.4 Å². The zero-order chi connectivity index (χ0) is 17.2. The summed E-state index contributed by atoms with van der Waals surface area (Å²) in [6.45, 7) is 8.78. The van der Waals surface area contributed by atoms with E-state index in [1.807, 2.05) is 30.3 Å². The van der Waals surface area contributed by atoms with E-state index in [0.29, 0.717) is 5.82 Å². The molecule has 0 saturated heterocycles. The molecule has 24 heavy (non-hydrogen) atoms. The normalized spacial score (nSPS) is 20.6. The van der Waals surface area contributed by atoms with Crippen LogP contribution in [0.1, 0.15) is 33.5 Å². The Morgan fingerprint density at radius 1 is 0.958 bits per heavy atom. The molecule has 1 unspecified atom stereocenters. The van der Waals surface area contributed by atoms with E-state index in [1.54, 1.807) is 6.33 Å². The highest BCUT2D eigenvalue weighted by atomic mass is 15.0. The zero-order valence-electron chi connectivity index (χ0n) is 14.7. The first kappa shape index (κ1) is 16.3. The number of allylic oxidation sites excluding steroid dienone is 6. The van der Waals surface area contributed by atoms with E-state index in [4.69, 9.17) is 4.98 Å². The van der Waals surface area contributed by atoms with Gasteiger partial charge >= 0.3 is 0 Å². The fourth-order valence-electron chi connectivity index (χ4n) is 2.66. The van der Waals surface area contributed by atoms with Gasteiger partial charge in [-0.15, -0.1) is 0 Å². The second-order valence-electron chi connectivity index (χ2n) is 7.35. The van der Waals surface area contributed by atoms with Crippen LogP contribution in [0, 0.1) is 5.41 Å². The summed E-state index contributed by atoms with van der Waals surface area (Å²) in [6, 6.07) is 10.00. The minimum Gasteiger partial charge on any atom is -0.220 e. The van der Waals surface area contributed by atoms with Crippen LogP contribution in [0.15, 0.2) is 72.6 Å². The van der Waals surface area contributed by atoms with Crippen molar-refractivity contribution < 1.29 is 0 Å². The Morgan fingerprint density at radius 2 is 1.71 bits per heavy atom. The van der Waals surface area contributed by atoms with Gasteiger partial charge in [0.15, 0.2) is 5.82 Å². The quantitative estimate of drug-likeness (QED) is 0.791. The summed E-state index contributed by atoms with van der Waals surface area (Å²) in [5.74, 6) is 1.46. The largest absolute Gasteiger partial charge is 0.220 e. The van der Waals surface area contributed by atoms with E-state index >= 15 is 0 Å². The van der Waals surface area contributed by atoms with Gasteiger partial charge in [-0.3, -0.25) is 0 Å². The Kier molecular flexibility index (Phi) is 4.18. The third-order valence-corrected chi connectivity index (χ3v) is 4.28. The number of hydrogen-bond donors (Lipinski definition) is 0. The molecule has 3 nitrogen and oxygen atoms in total. The SMILES string of the molecule is CC(C)(C)C1=CC=CC(C)(c2ncnc(-c3ccccc3)n2)C=C1. The monoisotopic (exact) mass is 317 g/mol. The molecular formula is C21H23N3. The maximum atomic E-state index is 4.72. The highest BCUT2D eigenvalue weighted by molar-refractivity contribution is 5.54. The fraction of sp³-hybridized carbons (Fsp3) is 0.286. The minimum absolute atomic E-state index is 0.111. The number of rotatable bonds is 2. The van der Waals surface area contributed by atoms with E-state index in [2.05, 4.69) is 68.0 Å². The summed E-state index contributed by atoms with van der Waals surface area (Å²) in [6.07, 6.45) is 12.4. The molecule has 1 aromatic carbocycles. The molecule has 0 amide bonds. The number of benzene rings is 1. The predicted octanol–water partition coefficient (Wildman–Crippen LogP) is 4.89. The molecule has 2 aromatic rings. The highest BCUT2D eigenvalue weighted by Crippen LogP contribution is 2.33. The average molecular weight is 317 g/mol. The Morgan fingerprint density at radius 3 is 2.42 bits per heavy atom. The van der Waals surface area contributed by atoms with Gasteiger partial charge in [-0.25, -0.2) is 15.0 Å². The number of hydrogen-bond acceptors (Lipinski definition) is 3. The second kappa shape index (κ2) is 6.16. The lowest BCUT2D eigenvalue weighted by atomic mass is 9.84. The first-order chi connectivity index (χ1) is 11.4. The van der Waals surface area contributed by atoms with E-state index in [9.17, 15) is 0 Å². The van der Waals surface area contributed by atoms with E-state index in [1.165, 1.54) is 5.57 Å². The molecule has 3 rings (SSSR count). The van der Waals surface area contributed by atoms with Crippen LogP contribution in [0.4, 0.5) is 0 Å². The van der Waals surface area contributed by atoms with Crippen molar-refractivity contribution >= 4 is 0 Å². The van der Waals surface area contributed by atoms with E-state index in [-0.39, 0.29) is 10.8 Å². The van der Waals surface area contributed by atoms with E-state index in [0.717, 1.165) is 11.4 Å². The lowest BCUT2D eigenvalue weighted by molar-refractivity contribution is 0.516. The van der Waals surface area contributed by atoms with Gasteiger partial charge in [-0.2, -0.15) is 0 Å². The van der Waals surface area contributed by atoms with Gasteiger partial charge in [0.2, 0.25) is 0 Å². The molecule has 3 heteroatoms. The van der Waals surface area contributed by atoms with Crippen LogP contribution in [0.2, 0.25) is 0 Å². The van der Waals surface area contributed by atoms with Crippen LogP contribution >= 0.6 is 0 Å². The molecule has 1 aliphatic rings. The molecule has 0 bridgehead atoms. The Bertz CT molecular complexity index is 810. The fourth-order valence-corrected chi connectivity index (χ4v) is 2.66. The van der Waals surface area contributed by atoms with Gasteiger partial charge in [0, 0.05) is 5.56 Å². The Labute approximate surface area is 143 Å². The molecule has 1 atom stereocenters. The van der Waals surface area contributed by atoms with Gasteiger partial charge in [0.1, 0.15) is 12.2 Å². The molecular weight excluding hydrogens is 294 g/mol. The summed E-state index contributed by atoms with van der Waals surface area (Å²) in [7, 11) is 0. The topological polar surface area (TPSA) is 38.7 Å². The molecule has 122 valence electrons. The molecule has 1 aromatic heterocycles. The van der Waals surface area contributed by atoms with Crippen LogP contribution < -0.4 is 0 Å². The average Bonchev–Trinajstić information content (AvgIpc) is 2.78. The lowest BCUT2D eigenvalue weighted by Gasteiger charge is -2.22. The van der Waals surface area contributed by atoms with Gasteiger partial charge < -0.3 is 0 Å². The molecule has 0 saturated carbocycles. The molecule has 0 N–H and O–H groups in total. The van der Waals surface area contributed by atoms with Gasteiger partial charge in [0.05, 0.1) is 5.41 Å². The summed E-state index contributed by atoms with van der Waals surface area (Å²) in [5, 5.41) is 0. The van der Waals surface area contributed by atoms with Crippen molar-refractivity contribution in [1.29, 1.82) is 0 Å². The smallest absolute Gasteiger partial charge is 0.163 e. The van der Waals surface area contributed by atoms with Crippen molar-refractivity contribution in [2.24, 2.45) is 5.41 Å².